The van der Waals surface area contributed by atoms with Crippen molar-refractivity contribution in [1.82, 2.24) is 0 Å². The van der Waals surface area contributed by atoms with Crippen molar-refractivity contribution in [2.24, 2.45) is 5.92 Å². The van der Waals surface area contributed by atoms with Crippen molar-refractivity contribution in [2.45, 2.75) is 25.5 Å². The highest BCUT2D eigenvalue weighted by Gasteiger charge is 2.47. The molecule has 0 aliphatic carbocycles. The second kappa shape index (κ2) is 10.8. The van der Waals surface area contributed by atoms with Crippen LogP contribution in [0.2, 0.25) is 0 Å². The first-order valence-electron chi connectivity index (χ1n) is 12.4. The number of carbonyl (C=O) groups is 1. The van der Waals surface area contributed by atoms with Crippen LogP contribution in [0.15, 0.2) is 71.4 Å². The molecule has 5 nitrogen and oxygen atoms in total. The van der Waals surface area contributed by atoms with Gasteiger partial charge in [-0.3, -0.25) is 4.90 Å². The molecule has 4 heterocycles. The van der Waals surface area contributed by atoms with Crippen molar-refractivity contribution in [3.63, 3.8) is 0 Å². The number of amides is 1. The normalized spacial score (nSPS) is 23.1. The van der Waals surface area contributed by atoms with Crippen LogP contribution in [0.1, 0.15) is 24.0 Å². The van der Waals surface area contributed by atoms with Crippen LogP contribution < -0.4 is 9.64 Å². The highest BCUT2D eigenvalue weighted by atomic mass is 32.1. The molecular weight excluding hydrogens is 475 g/mol. The maximum Gasteiger partial charge on any atom is 0.415 e. The smallest absolute Gasteiger partial charge is 0.415 e. The highest BCUT2D eigenvalue weighted by Crippen LogP contribution is 2.36. The van der Waals surface area contributed by atoms with Gasteiger partial charge in [0, 0.05) is 24.8 Å². The van der Waals surface area contributed by atoms with Crippen LogP contribution in [0.5, 0.6) is 5.75 Å². The van der Waals surface area contributed by atoms with Crippen LogP contribution in [-0.4, -0.2) is 50.0 Å². The molecule has 0 spiro atoms. The zero-order valence-electron chi connectivity index (χ0n) is 20.5. The first-order chi connectivity index (χ1) is 17.5. The van der Waals surface area contributed by atoms with E-state index >= 15 is 0 Å². The lowest BCUT2D eigenvalue weighted by Crippen LogP contribution is -2.64. The topological polar surface area (TPSA) is 38.8 Å². The van der Waals surface area contributed by atoms with E-state index in [1.807, 2.05) is 35.0 Å². The Kier molecular flexibility index (Phi) is 7.39. The van der Waals surface area contributed by atoms with Crippen molar-refractivity contribution in [3.05, 3.63) is 88.4 Å². The summed E-state index contributed by atoms with van der Waals surface area (Å²) in [7, 11) is 1.43. The minimum Gasteiger partial charge on any atom is -0.494 e. The molecule has 1 aromatic heterocycles. The summed E-state index contributed by atoms with van der Waals surface area (Å²) >= 11 is 1.57. The second-order valence-electron chi connectivity index (χ2n) is 9.76. The molecule has 3 aliphatic rings. The third-order valence-corrected chi connectivity index (χ3v) is 8.22. The number of rotatable bonds is 8. The van der Waals surface area contributed by atoms with E-state index in [0.717, 1.165) is 49.1 Å². The standard InChI is InChI=1S/C29H32FN2O3S/c1-34-27-10-9-25(18-26(27)30)31(19-23-13-17-36-21-23)29(33)35-28-20-32(15-11-24(28)12-16-32)14-5-8-22-6-3-2-4-7-22/h2-10,13,17-18,21,24,28H,11-12,14-16,19-20H2,1H3/q+1/t24?,28-,32?/m0/s1. The summed E-state index contributed by atoms with van der Waals surface area (Å²) in [5.41, 5.74) is 2.64. The van der Waals surface area contributed by atoms with Gasteiger partial charge in [-0.25, -0.2) is 9.18 Å². The number of quaternary nitrogens is 1. The van der Waals surface area contributed by atoms with E-state index < -0.39 is 11.9 Å². The Morgan fingerprint density at radius 3 is 2.67 bits per heavy atom. The van der Waals surface area contributed by atoms with Gasteiger partial charge < -0.3 is 14.0 Å². The molecule has 7 heteroatoms. The van der Waals surface area contributed by atoms with Gasteiger partial charge in [0.15, 0.2) is 17.7 Å². The van der Waals surface area contributed by atoms with E-state index in [1.165, 1.54) is 23.6 Å². The third kappa shape index (κ3) is 5.47. The number of piperidine rings is 3. The number of methoxy groups -OCH3 is 1. The van der Waals surface area contributed by atoms with Crippen molar-refractivity contribution < 1.29 is 23.1 Å². The molecule has 0 N–H and O–H groups in total. The summed E-state index contributed by atoms with van der Waals surface area (Å²) in [5.74, 6) is 0.0216. The van der Waals surface area contributed by atoms with Gasteiger partial charge in [0.25, 0.3) is 0 Å². The van der Waals surface area contributed by atoms with Crippen LogP contribution >= 0.6 is 11.3 Å². The third-order valence-electron chi connectivity index (χ3n) is 7.48. The lowest BCUT2D eigenvalue weighted by atomic mass is 9.83. The Morgan fingerprint density at radius 1 is 1.17 bits per heavy atom. The minimum absolute atomic E-state index is 0.141. The average molecular weight is 508 g/mol. The molecule has 188 valence electrons. The van der Waals surface area contributed by atoms with Crippen molar-refractivity contribution in [1.29, 1.82) is 0 Å². The van der Waals surface area contributed by atoms with Gasteiger partial charge in [0.05, 0.1) is 39.0 Å². The van der Waals surface area contributed by atoms with Crippen LogP contribution in [0.3, 0.4) is 0 Å². The number of ether oxygens (including phenoxy) is 2. The maximum atomic E-state index is 14.5. The minimum atomic E-state index is -0.504. The number of benzene rings is 2. The first-order valence-corrected chi connectivity index (χ1v) is 13.4. The monoisotopic (exact) mass is 507 g/mol. The van der Waals surface area contributed by atoms with Crippen molar-refractivity contribution in [3.8, 4) is 5.75 Å². The fourth-order valence-corrected chi connectivity index (χ4v) is 6.09. The average Bonchev–Trinajstić information content (AvgIpc) is 3.42. The maximum absolute atomic E-state index is 14.5. The predicted octanol–water partition coefficient (Wildman–Crippen LogP) is 6.36. The number of nitrogens with zero attached hydrogens (tertiary/aromatic N) is 2. The fourth-order valence-electron chi connectivity index (χ4n) is 5.43. The largest absolute Gasteiger partial charge is 0.494 e. The SMILES string of the molecule is COc1ccc(N(Cc2ccsc2)C(=O)O[C@H]2C[N+]3(CC=Cc4ccccc4)CCC2CC3)cc1F. The Labute approximate surface area is 216 Å². The van der Waals surface area contributed by atoms with Crippen LogP contribution in [-0.2, 0) is 11.3 Å². The second-order valence-corrected chi connectivity index (χ2v) is 10.5. The Bertz CT molecular complexity index is 1190. The molecule has 6 rings (SSSR count). The summed E-state index contributed by atoms with van der Waals surface area (Å²) in [6, 6.07) is 16.9. The lowest BCUT2D eigenvalue weighted by molar-refractivity contribution is -0.941. The van der Waals surface area contributed by atoms with Crippen LogP contribution in [0.25, 0.3) is 6.08 Å². The summed E-state index contributed by atoms with van der Waals surface area (Å²) in [6.45, 7) is 4.29. The zero-order valence-corrected chi connectivity index (χ0v) is 21.3. The number of anilines is 1. The number of fused-ring (bicyclic) bond motifs is 3. The first kappa shape index (κ1) is 24.5. The highest BCUT2D eigenvalue weighted by molar-refractivity contribution is 7.07. The summed E-state index contributed by atoms with van der Waals surface area (Å²) < 4.78 is 26.7. The molecule has 0 radical (unpaired) electrons. The molecular formula is C29H32FN2O3S+. The van der Waals surface area contributed by atoms with E-state index in [4.69, 9.17) is 9.47 Å². The number of hydrogen-bond acceptors (Lipinski definition) is 4. The van der Waals surface area contributed by atoms with Gasteiger partial charge >= 0.3 is 6.09 Å². The summed E-state index contributed by atoms with van der Waals surface area (Å²) in [6.07, 6.45) is 5.97. The molecule has 3 saturated heterocycles. The zero-order chi connectivity index (χ0) is 25.0. The molecule has 1 atom stereocenters. The Hall–Kier alpha value is -3.16. The van der Waals surface area contributed by atoms with Crippen LogP contribution in [0, 0.1) is 11.7 Å². The molecule has 3 aromatic rings. The molecule has 3 fully saturated rings. The molecule has 36 heavy (non-hydrogen) atoms. The molecule has 1 amide bonds. The van der Waals surface area contributed by atoms with Gasteiger partial charge in [0.1, 0.15) is 6.54 Å². The molecule has 3 aliphatic heterocycles. The van der Waals surface area contributed by atoms with E-state index in [1.54, 1.807) is 23.5 Å². The Morgan fingerprint density at radius 2 is 1.97 bits per heavy atom. The van der Waals surface area contributed by atoms with Crippen molar-refractivity contribution in [2.75, 3.05) is 38.2 Å². The van der Waals surface area contributed by atoms with E-state index in [-0.39, 0.29) is 11.9 Å². The van der Waals surface area contributed by atoms with Crippen molar-refractivity contribution >= 4 is 29.2 Å². The van der Waals surface area contributed by atoms with E-state index in [2.05, 4.69) is 24.3 Å². The molecule has 0 saturated carbocycles. The van der Waals surface area contributed by atoms with Gasteiger partial charge in [0.2, 0.25) is 0 Å². The molecule has 2 aromatic carbocycles. The number of halogens is 1. The summed E-state index contributed by atoms with van der Waals surface area (Å²) in [4.78, 5) is 15.0. The van der Waals surface area contributed by atoms with Gasteiger partial charge in [-0.1, -0.05) is 36.4 Å². The van der Waals surface area contributed by atoms with E-state index in [0.29, 0.717) is 18.2 Å². The number of hydrogen-bond donors (Lipinski definition) is 0. The quantitative estimate of drug-likeness (QED) is 0.333. The van der Waals surface area contributed by atoms with E-state index in [9.17, 15) is 9.18 Å². The van der Waals surface area contributed by atoms with Gasteiger partial charge in [-0.2, -0.15) is 11.3 Å². The van der Waals surface area contributed by atoms with Gasteiger partial charge in [-0.15, -0.1) is 0 Å². The Balaban J connectivity index is 1.30. The number of thiophene rings is 1. The predicted molar refractivity (Wildman–Crippen MR) is 142 cm³/mol. The fraction of sp³-hybridized carbons (Fsp3) is 0.345. The number of carbonyl (C=O) groups excluding carboxylic acids is 1. The van der Waals surface area contributed by atoms with Crippen LogP contribution in [0.4, 0.5) is 14.9 Å². The summed E-state index contributed by atoms with van der Waals surface area (Å²) in [5, 5.41) is 3.96. The lowest BCUT2D eigenvalue weighted by Gasteiger charge is -2.51. The van der Waals surface area contributed by atoms with Gasteiger partial charge in [-0.05, 0) is 46.2 Å². The molecule has 0 unspecified atom stereocenters. The molecule has 2 bridgehead atoms.